The monoisotopic (exact) mass is 788 g/mol. The number of benzene rings is 8. The van der Waals surface area contributed by atoms with Crippen molar-refractivity contribution in [2.45, 2.75) is 0 Å². The van der Waals surface area contributed by atoms with Gasteiger partial charge >= 0.3 is 0 Å². The molecule has 0 unspecified atom stereocenters. The van der Waals surface area contributed by atoms with Crippen molar-refractivity contribution >= 4 is 49.2 Å². The zero-order valence-electron chi connectivity index (χ0n) is 34.4. The normalized spacial score (nSPS) is 12.2. The number of hydrogen-bond donors (Lipinski definition) is 2. The van der Waals surface area contributed by atoms with Crippen LogP contribution >= 0.6 is 0 Å². The van der Waals surface area contributed by atoms with Crippen LogP contribution in [0, 0.1) is 0 Å². The maximum atomic E-state index is 3.38. The van der Waals surface area contributed by atoms with Gasteiger partial charge in [0.15, 0.2) is 0 Å². The molecule has 2 N–H and O–H groups in total. The highest BCUT2D eigenvalue weighted by molar-refractivity contribution is 6.12. The molecule has 0 radical (unpaired) electrons. The van der Waals surface area contributed by atoms with Gasteiger partial charge in [0, 0.05) is 58.1 Å². The van der Waals surface area contributed by atoms with Crippen LogP contribution in [0.1, 0.15) is 5.56 Å². The van der Waals surface area contributed by atoms with Crippen molar-refractivity contribution in [1.29, 1.82) is 0 Å². The summed E-state index contributed by atoms with van der Waals surface area (Å²) in [5.74, 6) is 0. The fourth-order valence-electron chi connectivity index (χ4n) is 8.61. The van der Waals surface area contributed by atoms with Crippen molar-refractivity contribution < 1.29 is 0 Å². The summed E-state index contributed by atoms with van der Waals surface area (Å²) in [5.41, 5.74) is 16.3. The van der Waals surface area contributed by atoms with Crippen LogP contribution in [-0.2, 0) is 7.05 Å². The van der Waals surface area contributed by atoms with Crippen LogP contribution in [0.5, 0.6) is 0 Å². The van der Waals surface area contributed by atoms with Crippen molar-refractivity contribution in [3.63, 3.8) is 0 Å². The smallest absolute Gasteiger partial charge is 0.0650 e. The lowest BCUT2D eigenvalue weighted by Crippen LogP contribution is -2.32. The molecule has 0 saturated heterocycles. The van der Waals surface area contributed by atoms with E-state index in [0.29, 0.717) is 0 Å². The minimum Gasteiger partial charge on any atom is -0.378 e. The summed E-state index contributed by atoms with van der Waals surface area (Å²) in [5, 5.41) is 11.8. The van der Waals surface area contributed by atoms with Gasteiger partial charge in [0.05, 0.1) is 17.7 Å². The number of para-hydroxylation sites is 3. The third kappa shape index (κ3) is 7.69. The Kier molecular flexibility index (Phi) is 11.3. The molecule has 0 amide bonds. The Hall–Kier alpha value is -7.66. The van der Waals surface area contributed by atoms with Gasteiger partial charge in [0.2, 0.25) is 0 Å². The van der Waals surface area contributed by atoms with Gasteiger partial charge in [-0.3, -0.25) is 5.32 Å². The van der Waals surface area contributed by atoms with Crippen molar-refractivity contribution in [2.24, 2.45) is 7.05 Å². The molecule has 296 valence electrons. The quantitative estimate of drug-likeness (QED) is 0.165. The number of hydrogen-bond acceptors (Lipinski definition) is 2. The number of allylic oxidation sites excluding steroid dienone is 2. The molecule has 2 aromatic heterocycles. The van der Waals surface area contributed by atoms with E-state index in [9.17, 15) is 0 Å². The zero-order chi connectivity index (χ0) is 41.5. The first-order valence-corrected chi connectivity index (χ1v) is 20.8. The van der Waals surface area contributed by atoms with E-state index in [4.69, 9.17) is 0 Å². The number of rotatable bonds is 6. The van der Waals surface area contributed by atoms with E-state index in [-0.39, 0.29) is 0 Å². The summed E-state index contributed by atoms with van der Waals surface area (Å²) in [6.45, 7) is 8.43. The Morgan fingerprint density at radius 3 is 1.56 bits per heavy atom. The van der Waals surface area contributed by atoms with Crippen LogP contribution in [0.15, 0.2) is 226 Å². The number of fused-ring (bicyclic) bond motifs is 6. The van der Waals surface area contributed by atoms with Crippen LogP contribution in [0.2, 0.25) is 0 Å². The van der Waals surface area contributed by atoms with Gasteiger partial charge in [-0.1, -0.05) is 171 Å². The van der Waals surface area contributed by atoms with Gasteiger partial charge < -0.3 is 14.5 Å². The minimum absolute atomic E-state index is 0.826. The first-order valence-electron chi connectivity index (χ1n) is 20.8. The highest BCUT2D eigenvalue weighted by Crippen LogP contribution is 2.38. The predicted octanol–water partition coefficient (Wildman–Crippen LogP) is 14.0. The van der Waals surface area contributed by atoms with Crippen LogP contribution in [-0.4, -0.2) is 22.3 Å². The zero-order valence-corrected chi connectivity index (χ0v) is 34.4. The molecule has 0 aliphatic carbocycles. The van der Waals surface area contributed by atoms with E-state index in [1.54, 1.807) is 12.2 Å². The molecule has 3 heterocycles. The maximum Gasteiger partial charge on any atom is 0.0650 e. The van der Waals surface area contributed by atoms with Gasteiger partial charge in [0.25, 0.3) is 0 Å². The van der Waals surface area contributed by atoms with Gasteiger partial charge in [0.1, 0.15) is 0 Å². The number of nitrogens with one attached hydrogen (secondary N) is 2. The van der Waals surface area contributed by atoms with Crippen LogP contribution < -0.4 is 10.6 Å². The summed E-state index contributed by atoms with van der Waals surface area (Å²) in [4.78, 5) is 0. The number of aryl methyl sites for hydroxylation is 1. The third-order valence-electron chi connectivity index (χ3n) is 11.5. The average molecular weight is 789 g/mol. The first-order chi connectivity index (χ1) is 30.1. The van der Waals surface area contributed by atoms with Crippen LogP contribution in [0.4, 0.5) is 0 Å². The lowest BCUT2D eigenvalue weighted by atomic mass is 9.89. The van der Waals surface area contributed by atoms with E-state index in [1.165, 1.54) is 93.8 Å². The molecule has 0 spiro atoms. The first kappa shape index (κ1) is 38.8. The largest absolute Gasteiger partial charge is 0.378 e. The van der Waals surface area contributed by atoms with Crippen LogP contribution in [0.25, 0.3) is 88.3 Å². The second-order valence-corrected chi connectivity index (χ2v) is 15.1. The summed E-state index contributed by atoms with van der Waals surface area (Å²) in [6.07, 6.45) is 5.40. The van der Waals surface area contributed by atoms with Crippen molar-refractivity contribution in [3.05, 3.63) is 231 Å². The van der Waals surface area contributed by atoms with E-state index >= 15 is 0 Å². The number of aromatic nitrogens is 2. The summed E-state index contributed by atoms with van der Waals surface area (Å²) < 4.78 is 4.65. The van der Waals surface area contributed by atoms with E-state index in [1.807, 2.05) is 0 Å². The topological polar surface area (TPSA) is 33.9 Å². The highest BCUT2D eigenvalue weighted by Gasteiger charge is 2.16. The summed E-state index contributed by atoms with van der Waals surface area (Å²) in [6, 6.07) is 69.6. The predicted molar refractivity (Wildman–Crippen MR) is 262 cm³/mol. The standard InChI is InChI=1S/C31H22N2.C22H20N2.C4H6/c1-32-28-13-7-5-11-24(28)26-19-21(15-17-29(26)32)22-16-18-31-27(20-22)25-12-6-8-14-30(25)33(31)23-9-3-2-4-10-23;1-2-8-17(9-3-1)19-10-4-6-12-21(19)22-13-7-5-11-20(22)18-14-23-16-24-15-18;1-3-4-2/h2-20H,1H3;1-14,23-24H,15-16H2;3-4H,1-2H2. The van der Waals surface area contributed by atoms with Crippen LogP contribution in [0.3, 0.4) is 0 Å². The fourth-order valence-corrected chi connectivity index (χ4v) is 8.61. The molecule has 4 heteroatoms. The second-order valence-electron chi connectivity index (χ2n) is 15.1. The van der Waals surface area contributed by atoms with Gasteiger partial charge in [-0.15, -0.1) is 0 Å². The van der Waals surface area contributed by atoms with Crippen molar-refractivity contribution in [3.8, 4) is 39.1 Å². The molecule has 0 fully saturated rings. The molecule has 1 aliphatic heterocycles. The molecule has 0 atom stereocenters. The Bertz CT molecular complexity index is 3180. The SMILES string of the molecule is C1=C(c2ccccc2-c2ccccc2-c2ccccc2)CNCN1.C=CC=C.Cn1c2ccccc2c2cc(-c3ccc4c(c3)c3ccccc3n4-c3ccccc3)ccc21. The molecule has 0 saturated carbocycles. The summed E-state index contributed by atoms with van der Waals surface area (Å²) >= 11 is 0. The molecular weight excluding hydrogens is 741 g/mol. The minimum atomic E-state index is 0.826. The van der Waals surface area contributed by atoms with E-state index in [2.05, 4.69) is 240 Å². The molecule has 4 nitrogen and oxygen atoms in total. The number of nitrogens with zero attached hydrogens (tertiary/aromatic N) is 2. The molecule has 11 rings (SSSR count). The lowest BCUT2D eigenvalue weighted by Gasteiger charge is -2.20. The van der Waals surface area contributed by atoms with Crippen molar-refractivity contribution in [1.82, 2.24) is 19.8 Å². The molecule has 0 bridgehead atoms. The van der Waals surface area contributed by atoms with Gasteiger partial charge in [-0.2, -0.15) is 0 Å². The van der Waals surface area contributed by atoms with Crippen molar-refractivity contribution in [2.75, 3.05) is 13.2 Å². The lowest BCUT2D eigenvalue weighted by molar-refractivity contribution is 0.678. The molecule has 61 heavy (non-hydrogen) atoms. The Morgan fingerprint density at radius 1 is 0.443 bits per heavy atom. The van der Waals surface area contributed by atoms with Gasteiger partial charge in [-0.05, 0) is 93.0 Å². The molecular formula is C57H48N4. The second kappa shape index (κ2) is 17.7. The molecule has 8 aromatic carbocycles. The maximum absolute atomic E-state index is 3.38. The average Bonchev–Trinajstić information content (AvgIpc) is 3.83. The van der Waals surface area contributed by atoms with E-state index in [0.717, 1.165) is 13.2 Å². The Labute approximate surface area is 358 Å². The third-order valence-corrected chi connectivity index (χ3v) is 11.5. The van der Waals surface area contributed by atoms with E-state index < -0.39 is 0 Å². The fraction of sp³-hybridized carbons (Fsp3) is 0.0526. The highest BCUT2D eigenvalue weighted by atomic mass is 15.1. The molecule has 10 aromatic rings. The molecule has 1 aliphatic rings. The Balaban J connectivity index is 0.000000150. The Morgan fingerprint density at radius 2 is 0.918 bits per heavy atom. The van der Waals surface area contributed by atoms with Gasteiger partial charge in [-0.25, -0.2) is 0 Å². The summed E-state index contributed by atoms with van der Waals surface area (Å²) in [7, 11) is 2.15.